The van der Waals surface area contributed by atoms with E-state index in [1.165, 1.54) is 12.8 Å². The summed E-state index contributed by atoms with van der Waals surface area (Å²) in [6.07, 6.45) is 4.99. The van der Waals surface area contributed by atoms with E-state index < -0.39 is 9.84 Å². The molecule has 2 unspecified atom stereocenters. The van der Waals surface area contributed by atoms with Gasteiger partial charge < -0.3 is 0 Å². The maximum absolute atomic E-state index is 11.6. The molecule has 0 aromatic rings. The minimum absolute atomic E-state index is 0.0151. The number of hydrogen-bond donors (Lipinski definition) is 2. The van der Waals surface area contributed by atoms with Gasteiger partial charge in [-0.15, -0.1) is 0 Å². The fraction of sp³-hybridized carbons (Fsp3) is 1.00. The highest BCUT2D eigenvalue weighted by Crippen LogP contribution is 2.29. The van der Waals surface area contributed by atoms with Crippen LogP contribution in [-0.2, 0) is 9.84 Å². The average Bonchev–Trinajstić information content (AvgIpc) is 2.97. The van der Waals surface area contributed by atoms with Crippen molar-refractivity contribution in [2.24, 2.45) is 5.84 Å². The van der Waals surface area contributed by atoms with E-state index in [9.17, 15) is 8.42 Å². The molecule has 20 heavy (non-hydrogen) atoms. The molecule has 0 radical (unpaired) electrons. The minimum atomic E-state index is -2.88. The van der Waals surface area contributed by atoms with Gasteiger partial charge in [0, 0.05) is 17.3 Å². The van der Waals surface area contributed by atoms with Crippen molar-refractivity contribution in [3.8, 4) is 0 Å². The Morgan fingerprint density at radius 3 is 2.35 bits per heavy atom. The van der Waals surface area contributed by atoms with E-state index in [1.54, 1.807) is 6.92 Å². The molecular formula is C14H31N3O2S. The van der Waals surface area contributed by atoms with Crippen molar-refractivity contribution in [3.63, 3.8) is 0 Å². The van der Waals surface area contributed by atoms with E-state index in [2.05, 4.69) is 24.2 Å². The Bertz CT molecular complexity index is 380. The molecule has 1 heterocycles. The number of nitrogens with zero attached hydrogens (tertiary/aromatic N) is 1. The zero-order valence-corrected chi connectivity index (χ0v) is 14.0. The van der Waals surface area contributed by atoms with E-state index >= 15 is 0 Å². The predicted molar refractivity (Wildman–Crippen MR) is 84.2 cm³/mol. The van der Waals surface area contributed by atoms with Crippen LogP contribution in [0.3, 0.4) is 0 Å². The largest absolute Gasteiger partial charge is 0.296 e. The van der Waals surface area contributed by atoms with Gasteiger partial charge in [0.1, 0.15) is 9.84 Å². The molecule has 0 spiro atoms. The van der Waals surface area contributed by atoms with Crippen LogP contribution in [0.1, 0.15) is 52.9 Å². The standard InChI is InChI=1S/C14H31N3O2S/c1-4-14(3,17-10-6-7-11-17)13(16-15)9-8-12-20(18,19)5-2/h13,16H,4-12,15H2,1-3H3. The van der Waals surface area contributed by atoms with E-state index in [4.69, 9.17) is 5.84 Å². The highest BCUT2D eigenvalue weighted by atomic mass is 32.2. The van der Waals surface area contributed by atoms with Crippen LogP contribution in [0.5, 0.6) is 0 Å². The number of sulfone groups is 1. The van der Waals surface area contributed by atoms with Crippen LogP contribution in [0, 0.1) is 0 Å². The molecule has 0 saturated carbocycles. The quantitative estimate of drug-likeness (QED) is 0.496. The molecule has 0 aromatic carbocycles. The summed E-state index contributed by atoms with van der Waals surface area (Å²) in [5.41, 5.74) is 2.95. The summed E-state index contributed by atoms with van der Waals surface area (Å²) in [6, 6.07) is 0.137. The van der Waals surface area contributed by atoms with Crippen molar-refractivity contribution in [3.05, 3.63) is 0 Å². The van der Waals surface area contributed by atoms with Gasteiger partial charge in [-0.25, -0.2) is 8.42 Å². The highest BCUT2D eigenvalue weighted by Gasteiger charge is 2.38. The van der Waals surface area contributed by atoms with E-state index in [0.29, 0.717) is 6.42 Å². The summed E-state index contributed by atoms with van der Waals surface area (Å²) in [5.74, 6) is 6.25. The van der Waals surface area contributed by atoms with Gasteiger partial charge >= 0.3 is 0 Å². The second-order valence-electron chi connectivity index (χ2n) is 6.00. The van der Waals surface area contributed by atoms with Crippen molar-refractivity contribution < 1.29 is 8.42 Å². The van der Waals surface area contributed by atoms with Gasteiger partial charge in [-0.05, 0) is 52.1 Å². The Morgan fingerprint density at radius 1 is 1.30 bits per heavy atom. The third-order valence-electron chi connectivity index (χ3n) is 4.88. The molecule has 120 valence electrons. The third-order valence-corrected chi connectivity index (χ3v) is 6.67. The molecule has 0 bridgehead atoms. The highest BCUT2D eigenvalue weighted by molar-refractivity contribution is 7.91. The molecule has 0 aromatic heterocycles. The molecule has 5 nitrogen and oxygen atoms in total. The van der Waals surface area contributed by atoms with E-state index in [0.717, 1.165) is 25.9 Å². The number of likely N-dealkylation sites (tertiary alicyclic amines) is 1. The fourth-order valence-electron chi connectivity index (χ4n) is 3.14. The lowest BCUT2D eigenvalue weighted by molar-refractivity contribution is 0.0801. The Hall–Kier alpha value is -0.170. The SMILES string of the molecule is CCC(C)(C(CCCS(=O)(=O)CC)NN)N1CCCC1. The van der Waals surface area contributed by atoms with Crippen LogP contribution < -0.4 is 11.3 Å². The van der Waals surface area contributed by atoms with Crippen molar-refractivity contribution >= 4 is 9.84 Å². The fourth-order valence-corrected chi connectivity index (χ4v) is 4.04. The normalized spacial score (nSPS) is 21.8. The van der Waals surface area contributed by atoms with Crippen LogP contribution in [0.15, 0.2) is 0 Å². The maximum Gasteiger partial charge on any atom is 0.150 e. The smallest absolute Gasteiger partial charge is 0.150 e. The van der Waals surface area contributed by atoms with Gasteiger partial charge in [0.25, 0.3) is 0 Å². The molecule has 1 rings (SSSR count). The first-order valence-electron chi connectivity index (χ1n) is 7.81. The van der Waals surface area contributed by atoms with Crippen molar-refractivity contribution in [2.45, 2.75) is 64.5 Å². The zero-order chi connectivity index (χ0) is 15.2. The molecule has 0 amide bonds. The van der Waals surface area contributed by atoms with Crippen LogP contribution in [0.2, 0.25) is 0 Å². The zero-order valence-electron chi connectivity index (χ0n) is 13.2. The first-order chi connectivity index (χ1) is 9.39. The number of hydrazine groups is 1. The van der Waals surface area contributed by atoms with Crippen molar-refractivity contribution in [1.82, 2.24) is 10.3 Å². The van der Waals surface area contributed by atoms with Crippen LogP contribution in [0.4, 0.5) is 0 Å². The summed E-state index contributed by atoms with van der Waals surface area (Å²) < 4.78 is 23.2. The number of rotatable bonds is 9. The van der Waals surface area contributed by atoms with E-state index in [-0.39, 0.29) is 23.1 Å². The first kappa shape index (κ1) is 17.9. The van der Waals surface area contributed by atoms with Gasteiger partial charge in [-0.2, -0.15) is 0 Å². The average molecular weight is 305 g/mol. The Morgan fingerprint density at radius 2 is 1.90 bits per heavy atom. The third kappa shape index (κ3) is 4.41. The molecule has 6 heteroatoms. The van der Waals surface area contributed by atoms with E-state index in [1.807, 2.05) is 0 Å². The summed E-state index contributed by atoms with van der Waals surface area (Å²) >= 11 is 0. The summed E-state index contributed by atoms with van der Waals surface area (Å²) in [6.45, 7) is 8.38. The maximum atomic E-state index is 11.6. The van der Waals surface area contributed by atoms with Crippen molar-refractivity contribution in [2.75, 3.05) is 24.6 Å². The summed E-state index contributed by atoms with van der Waals surface area (Å²) in [4.78, 5) is 2.51. The second kappa shape index (κ2) is 7.73. The summed E-state index contributed by atoms with van der Waals surface area (Å²) in [7, 11) is -2.88. The molecule has 1 aliphatic heterocycles. The monoisotopic (exact) mass is 305 g/mol. The first-order valence-corrected chi connectivity index (χ1v) is 9.63. The number of nitrogens with two attached hydrogens (primary N) is 1. The number of nitrogens with one attached hydrogen (secondary N) is 1. The molecule has 0 aliphatic carbocycles. The minimum Gasteiger partial charge on any atom is -0.296 e. The van der Waals surface area contributed by atoms with Crippen LogP contribution in [-0.4, -0.2) is 49.5 Å². The topological polar surface area (TPSA) is 75.4 Å². The molecule has 3 N–H and O–H groups in total. The second-order valence-corrected chi connectivity index (χ2v) is 8.48. The van der Waals surface area contributed by atoms with Gasteiger partial charge in [0.15, 0.2) is 0 Å². The van der Waals surface area contributed by atoms with Gasteiger partial charge in [-0.1, -0.05) is 13.8 Å². The molecule has 1 aliphatic rings. The van der Waals surface area contributed by atoms with Gasteiger partial charge in [0.05, 0.1) is 5.75 Å². The number of hydrogen-bond acceptors (Lipinski definition) is 5. The predicted octanol–water partition coefficient (Wildman–Crippen LogP) is 1.30. The lowest BCUT2D eigenvalue weighted by Crippen LogP contribution is -2.60. The van der Waals surface area contributed by atoms with Gasteiger partial charge in [0.2, 0.25) is 0 Å². The molecule has 2 atom stereocenters. The summed E-state index contributed by atoms with van der Waals surface area (Å²) in [5, 5.41) is 0. The Labute approximate surface area is 124 Å². The Kier molecular flexibility index (Phi) is 6.91. The van der Waals surface area contributed by atoms with Crippen LogP contribution in [0.25, 0.3) is 0 Å². The van der Waals surface area contributed by atoms with Crippen LogP contribution >= 0.6 is 0 Å². The van der Waals surface area contributed by atoms with Gasteiger partial charge in [-0.3, -0.25) is 16.2 Å². The van der Waals surface area contributed by atoms with Crippen molar-refractivity contribution in [1.29, 1.82) is 0 Å². The molecule has 1 saturated heterocycles. The Balaban J connectivity index is 2.62. The molecule has 1 fully saturated rings. The lowest BCUT2D eigenvalue weighted by Gasteiger charge is -2.44. The molecular weight excluding hydrogens is 274 g/mol. The lowest BCUT2D eigenvalue weighted by atomic mass is 9.85.